The van der Waals surface area contributed by atoms with Crippen molar-refractivity contribution in [2.75, 3.05) is 0 Å². The van der Waals surface area contributed by atoms with Crippen molar-refractivity contribution in [2.24, 2.45) is 5.73 Å². The minimum absolute atomic E-state index is 0.0575. The molecule has 0 atom stereocenters. The van der Waals surface area contributed by atoms with Gasteiger partial charge in [-0.15, -0.1) is 0 Å². The summed E-state index contributed by atoms with van der Waals surface area (Å²) >= 11 is 0. The average molecular weight is 324 g/mol. The van der Waals surface area contributed by atoms with Crippen LogP contribution >= 0.6 is 0 Å². The molecule has 24 heavy (non-hydrogen) atoms. The van der Waals surface area contributed by atoms with E-state index in [-0.39, 0.29) is 5.91 Å². The summed E-state index contributed by atoms with van der Waals surface area (Å²) < 4.78 is 5.92. The van der Waals surface area contributed by atoms with E-state index in [1.54, 1.807) is 0 Å². The Kier molecular flexibility index (Phi) is 5.16. The van der Waals surface area contributed by atoms with Gasteiger partial charge < -0.3 is 15.8 Å². The molecule has 4 nitrogen and oxygen atoms in total. The molecule has 0 aromatic heterocycles. The number of ether oxygens (including phenoxy) is 1. The van der Waals surface area contributed by atoms with E-state index in [4.69, 9.17) is 10.5 Å². The third kappa shape index (κ3) is 3.95. The fourth-order valence-corrected chi connectivity index (χ4v) is 3.11. The van der Waals surface area contributed by atoms with Crippen LogP contribution in [0.5, 0.6) is 5.75 Å². The Bertz CT molecular complexity index is 679. The first-order valence-electron chi connectivity index (χ1n) is 8.49. The molecule has 2 aromatic rings. The fourth-order valence-electron chi connectivity index (χ4n) is 3.11. The Morgan fingerprint density at radius 3 is 2.46 bits per heavy atom. The van der Waals surface area contributed by atoms with E-state index in [2.05, 4.69) is 5.32 Å². The van der Waals surface area contributed by atoms with Crippen LogP contribution in [0.2, 0.25) is 0 Å². The van der Waals surface area contributed by atoms with Crippen LogP contribution in [0.25, 0.3) is 0 Å². The molecule has 126 valence electrons. The maximum absolute atomic E-state index is 12.4. The largest absolute Gasteiger partial charge is 0.489 e. The summed E-state index contributed by atoms with van der Waals surface area (Å²) in [6, 6.07) is 17.8. The van der Waals surface area contributed by atoms with E-state index in [0.717, 1.165) is 42.6 Å². The minimum atomic E-state index is -0.695. The van der Waals surface area contributed by atoms with Crippen LogP contribution in [0.1, 0.15) is 36.8 Å². The van der Waals surface area contributed by atoms with Crippen molar-refractivity contribution in [3.63, 3.8) is 0 Å². The zero-order valence-electron chi connectivity index (χ0n) is 13.8. The van der Waals surface area contributed by atoms with Crippen LogP contribution in [-0.2, 0) is 17.9 Å². The Hall–Kier alpha value is -2.33. The lowest BCUT2D eigenvalue weighted by molar-refractivity contribution is -0.126. The van der Waals surface area contributed by atoms with Gasteiger partial charge in [0.25, 0.3) is 0 Å². The molecule has 1 fully saturated rings. The molecular formula is C20H24N2O2. The highest BCUT2D eigenvalue weighted by atomic mass is 16.5. The molecule has 0 radical (unpaired) electrons. The van der Waals surface area contributed by atoms with Gasteiger partial charge in [-0.3, -0.25) is 4.79 Å². The second-order valence-electron chi connectivity index (χ2n) is 6.43. The molecule has 4 heteroatoms. The molecule has 1 amide bonds. The van der Waals surface area contributed by atoms with Crippen LogP contribution in [0.3, 0.4) is 0 Å². The van der Waals surface area contributed by atoms with E-state index >= 15 is 0 Å². The summed E-state index contributed by atoms with van der Waals surface area (Å²) in [5.74, 6) is 0.733. The maximum atomic E-state index is 12.4. The van der Waals surface area contributed by atoms with Gasteiger partial charge in [-0.25, -0.2) is 0 Å². The van der Waals surface area contributed by atoms with E-state index in [1.165, 1.54) is 0 Å². The predicted molar refractivity (Wildman–Crippen MR) is 94.4 cm³/mol. The molecular weight excluding hydrogens is 300 g/mol. The number of benzene rings is 2. The standard InChI is InChI=1S/C20H24N2O2/c21-20(12-6-7-13-20)19(23)22-14-17-10-4-5-11-18(17)24-15-16-8-2-1-3-9-16/h1-5,8-11H,6-7,12-15,21H2,(H,22,23). The SMILES string of the molecule is NC1(C(=O)NCc2ccccc2OCc2ccccc2)CCCC1. The fraction of sp³-hybridized carbons (Fsp3) is 0.350. The third-order valence-corrected chi connectivity index (χ3v) is 4.60. The molecule has 2 aromatic carbocycles. The highest BCUT2D eigenvalue weighted by Crippen LogP contribution is 2.27. The Balaban J connectivity index is 1.60. The summed E-state index contributed by atoms with van der Waals surface area (Å²) in [4.78, 5) is 12.4. The van der Waals surface area contributed by atoms with Crippen LogP contribution in [0, 0.1) is 0 Å². The smallest absolute Gasteiger partial charge is 0.240 e. The van der Waals surface area contributed by atoms with E-state index in [1.807, 2.05) is 54.6 Å². The lowest BCUT2D eigenvalue weighted by atomic mass is 9.98. The predicted octanol–water partition coefficient (Wildman–Crippen LogP) is 3.15. The lowest BCUT2D eigenvalue weighted by Gasteiger charge is -2.22. The van der Waals surface area contributed by atoms with E-state index < -0.39 is 5.54 Å². The molecule has 0 bridgehead atoms. The second kappa shape index (κ2) is 7.49. The molecule has 0 unspecified atom stereocenters. The van der Waals surface area contributed by atoms with Crippen molar-refractivity contribution in [2.45, 2.75) is 44.4 Å². The number of hydrogen-bond acceptors (Lipinski definition) is 3. The molecule has 0 saturated heterocycles. The van der Waals surface area contributed by atoms with Crippen molar-refractivity contribution in [3.8, 4) is 5.75 Å². The lowest BCUT2D eigenvalue weighted by Crippen LogP contribution is -2.51. The normalized spacial score (nSPS) is 15.9. The summed E-state index contributed by atoms with van der Waals surface area (Å²) in [7, 11) is 0. The first kappa shape index (κ1) is 16.5. The number of nitrogens with one attached hydrogen (secondary N) is 1. The van der Waals surface area contributed by atoms with Crippen molar-refractivity contribution in [1.82, 2.24) is 5.32 Å². The van der Waals surface area contributed by atoms with Crippen LogP contribution in [-0.4, -0.2) is 11.4 Å². The number of carbonyl (C=O) groups excluding carboxylic acids is 1. The van der Waals surface area contributed by atoms with Gasteiger partial charge in [-0.1, -0.05) is 61.4 Å². The van der Waals surface area contributed by atoms with Gasteiger partial charge >= 0.3 is 0 Å². The van der Waals surface area contributed by atoms with Gasteiger partial charge in [-0.2, -0.15) is 0 Å². The van der Waals surface area contributed by atoms with E-state index in [0.29, 0.717) is 13.2 Å². The second-order valence-corrected chi connectivity index (χ2v) is 6.43. The highest BCUT2D eigenvalue weighted by molar-refractivity contribution is 5.86. The molecule has 0 heterocycles. The summed E-state index contributed by atoms with van der Waals surface area (Å²) in [5, 5.41) is 2.98. The molecule has 3 rings (SSSR count). The van der Waals surface area contributed by atoms with Gasteiger partial charge in [0.1, 0.15) is 12.4 Å². The molecule has 1 saturated carbocycles. The van der Waals surface area contributed by atoms with Crippen LogP contribution in [0.15, 0.2) is 54.6 Å². The molecule has 0 spiro atoms. The van der Waals surface area contributed by atoms with Gasteiger partial charge in [0.05, 0.1) is 5.54 Å². The molecule has 0 aliphatic heterocycles. The number of nitrogens with two attached hydrogens (primary N) is 1. The van der Waals surface area contributed by atoms with Crippen molar-refractivity contribution >= 4 is 5.91 Å². The summed E-state index contributed by atoms with van der Waals surface area (Å²) in [6.07, 6.45) is 3.59. The number of rotatable bonds is 6. The molecule has 3 N–H and O–H groups in total. The zero-order valence-corrected chi connectivity index (χ0v) is 13.8. The zero-order chi connectivity index (χ0) is 16.8. The van der Waals surface area contributed by atoms with Gasteiger partial charge in [0.2, 0.25) is 5.91 Å². The van der Waals surface area contributed by atoms with Gasteiger partial charge in [0.15, 0.2) is 0 Å². The first-order chi connectivity index (χ1) is 11.7. The maximum Gasteiger partial charge on any atom is 0.240 e. The monoisotopic (exact) mass is 324 g/mol. The summed E-state index contributed by atoms with van der Waals surface area (Å²) in [5.41, 5.74) is 7.58. The number of hydrogen-bond donors (Lipinski definition) is 2. The van der Waals surface area contributed by atoms with Crippen LogP contribution in [0.4, 0.5) is 0 Å². The van der Waals surface area contributed by atoms with Crippen molar-refractivity contribution in [1.29, 1.82) is 0 Å². The quantitative estimate of drug-likeness (QED) is 0.858. The van der Waals surface area contributed by atoms with E-state index in [9.17, 15) is 4.79 Å². The Labute approximate surface area is 143 Å². The van der Waals surface area contributed by atoms with Crippen molar-refractivity contribution in [3.05, 3.63) is 65.7 Å². The number of amides is 1. The first-order valence-corrected chi connectivity index (χ1v) is 8.49. The van der Waals surface area contributed by atoms with Crippen molar-refractivity contribution < 1.29 is 9.53 Å². The number of para-hydroxylation sites is 1. The molecule has 1 aliphatic carbocycles. The number of carbonyl (C=O) groups is 1. The minimum Gasteiger partial charge on any atom is -0.489 e. The summed E-state index contributed by atoms with van der Waals surface area (Å²) in [6.45, 7) is 0.940. The van der Waals surface area contributed by atoms with Gasteiger partial charge in [0, 0.05) is 12.1 Å². The molecule has 1 aliphatic rings. The van der Waals surface area contributed by atoms with Gasteiger partial charge in [-0.05, 0) is 24.5 Å². The third-order valence-electron chi connectivity index (χ3n) is 4.60. The average Bonchev–Trinajstić information content (AvgIpc) is 3.07. The van der Waals surface area contributed by atoms with Crippen LogP contribution < -0.4 is 15.8 Å². The highest BCUT2D eigenvalue weighted by Gasteiger charge is 2.36. The Morgan fingerprint density at radius 1 is 1.04 bits per heavy atom. The topological polar surface area (TPSA) is 64.4 Å². The Morgan fingerprint density at radius 2 is 1.71 bits per heavy atom.